The summed E-state index contributed by atoms with van der Waals surface area (Å²) in [5.74, 6) is 0.669. The van der Waals surface area contributed by atoms with Crippen molar-refractivity contribution in [3.8, 4) is 5.75 Å². The van der Waals surface area contributed by atoms with Crippen LogP contribution in [0.3, 0.4) is 0 Å². The lowest BCUT2D eigenvalue weighted by Gasteiger charge is -2.37. The Labute approximate surface area is 118 Å². The van der Waals surface area contributed by atoms with Gasteiger partial charge < -0.3 is 20.1 Å². The molecule has 5 heteroatoms. The highest BCUT2D eigenvalue weighted by Gasteiger charge is 2.38. The molecule has 1 aliphatic carbocycles. The van der Waals surface area contributed by atoms with Crippen molar-refractivity contribution in [3.63, 3.8) is 0 Å². The number of nitrogen functional groups attached to an aromatic ring is 1. The molecule has 0 radical (unpaired) electrons. The van der Waals surface area contributed by atoms with E-state index in [1.54, 1.807) is 18.2 Å². The molecule has 1 aromatic carbocycles. The molecule has 3 rings (SSSR count). The summed E-state index contributed by atoms with van der Waals surface area (Å²) in [6.45, 7) is 1.36. The molecule has 108 valence electrons. The smallest absolute Gasteiger partial charge is 0.260 e. The van der Waals surface area contributed by atoms with Crippen LogP contribution in [0.15, 0.2) is 24.3 Å². The van der Waals surface area contributed by atoms with E-state index in [9.17, 15) is 4.79 Å². The van der Waals surface area contributed by atoms with Gasteiger partial charge in [-0.25, -0.2) is 0 Å². The van der Waals surface area contributed by atoms with E-state index in [0.717, 1.165) is 19.3 Å². The van der Waals surface area contributed by atoms with Crippen LogP contribution in [0, 0.1) is 0 Å². The summed E-state index contributed by atoms with van der Waals surface area (Å²) in [4.78, 5) is 14.2. The van der Waals surface area contributed by atoms with Gasteiger partial charge in [0, 0.05) is 18.3 Å². The second-order valence-electron chi connectivity index (χ2n) is 5.36. The van der Waals surface area contributed by atoms with Gasteiger partial charge in [0.2, 0.25) is 0 Å². The monoisotopic (exact) mass is 276 g/mol. The van der Waals surface area contributed by atoms with Crippen molar-refractivity contribution < 1.29 is 14.3 Å². The van der Waals surface area contributed by atoms with Gasteiger partial charge >= 0.3 is 0 Å². The minimum absolute atomic E-state index is 0.0348. The van der Waals surface area contributed by atoms with Crippen molar-refractivity contribution in [2.45, 2.75) is 31.4 Å². The molecular formula is C15H20N2O3. The average Bonchev–Trinajstić information content (AvgIpc) is 2.93. The molecular weight excluding hydrogens is 256 g/mol. The summed E-state index contributed by atoms with van der Waals surface area (Å²) in [5.41, 5.74) is 6.32. The summed E-state index contributed by atoms with van der Waals surface area (Å²) < 4.78 is 11.2. The highest BCUT2D eigenvalue weighted by molar-refractivity contribution is 5.78. The summed E-state index contributed by atoms with van der Waals surface area (Å²) in [6, 6.07) is 7.38. The Morgan fingerprint density at radius 3 is 3.20 bits per heavy atom. The minimum atomic E-state index is 0.0348. The van der Waals surface area contributed by atoms with Crippen molar-refractivity contribution in [2.24, 2.45) is 0 Å². The molecule has 2 atom stereocenters. The molecule has 1 amide bonds. The number of morpholine rings is 1. The molecule has 1 aliphatic heterocycles. The van der Waals surface area contributed by atoms with Crippen LogP contribution in [-0.2, 0) is 9.53 Å². The maximum atomic E-state index is 12.3. The van der Waals surface area contributed by atoms with Crippen LogP contribution in [0.1, 0.15) is 19.3 Å². The fourth-order valence-electron chi connectivity index (χ4n) is 3.07. The second kappa shape index (κ2) is 5.71. The number of fused-ring (bicyclic) bond motifs is 1. The van der Waals surface area contributed by atoms with Crippen LogP contribution in [0.25, 0.3) is 0 Å². The highest BCUT2D eigenvalue weighted by atomic mass is 16.5. The van der Waals surface area contributed by atoms with Gasteiger partial charge in [0.05, 0.1) is 18.8 Å². The lowest BCUT2D eigenvalue weighted by Crippen LogP contribution is -2.52. The molecule has 0 bridgehead atoms. The molecule has 2 N–H and O–H groups in total. The number of nitrogens with zero attached hydrogens (tertiary/aromatic N) is 1. The molecule has 1 saturated heterocycles. The van der Waals surface area contributed by atoms with Gasteiger partial charge in [-0.1, -0.05) is 6.07 Å². The van der Waals surface area contributed by atoms with Crippen LogP contribution in [-0.4, -0.2) is 42.7 Å². The first-order chi connectivity index (χ1) is 9.74. The Morgan fingerprint density at radius 1 is 1.45 bits per heavy atom. The molecule has 1 heterocycles. The van der Waals surface area contributed by atoms with E-state index in [1.165, 1.54) is 0 Å². The number of hydrogen-bond donors (Lipinski definition) is 1. The van der Waals surface area contributed by atoms with Gasteiger partial charge in [0.25, 0.3) is 5.91 Å². The highest BCUT2D eigenvalue weighted by Crippen LogP contribution is 2.29. The Kier molecular flexibility index (Phi) is 3.78. The molecule has 5 nitrogen and oxygen atoms in total. The van der Waals surface area contributed by atoms with Crippen molar-refractivity contribution in [1.82, 2.24) is 4.90 Å². The number of hydrogen-bond acceptors (Lipinski definition) is 4. The summed E-state index contributed by atoms with van der Waals surface area (Å²) in [6.07, 6.45) is 3.45. The Bertz CT molecular complexity index is 492. The largest absolute Gasteiger partial charge is 0.484 e. The molecule has 0 aromatic heterocycles. The third-order valence-corrected chi connectivity index (χ3v) is 4.02. The van der Waals surface area contributed by atoms with Crippen molar-refractivity contribution in [3.05, 3.63) is 24.3 Å². The standard InChI is InChI=1S/C15H20N2O3/c16-11-3-1-4-12(9-11)20-10-15(18)17-7-8-19-14-6-2-5-13(14)17/h1,3-4,9,13-14H,2,5-8,10,16H2. The van der Waals surface area contributed by atoms with Gasteiger partial charge in [-0.2, -0.15) is 0 Å². The van der Waals surface area contributed by atoms with E-state index in [4.69, 9.17) is 15.2 Å². The normalized spacial score (nSPS) is 25.3. The number of anilines is 1. The van der Waals surface area contributed by atoms with Gasteiger partial charge in [-0.3, -0.25) is 4.79 Å². The number of benzene rings is 1. The first-order valence-corrected chi connectivity index (χ1v) is 7.13. The van der Waals surface area contributed by atoms with Gasteiger partial charge in [-0.05, 0) is 31.4 Å². The van der Waals surface area contributed by atoms with Crippen molar-refractivity contribution >= 4 is 11.6 Å². The SMILES string of the molecule is Nc1cccc(OCC(=O)N2CCOC3CCCC32)c1. The van der Waals surface area contributed by atoms with Crippen LogP contribution in [0.5, 0.6) is 5.75 Å². The van der Waals surface area contributed by atoms with Gasteiger partial charge in [0.15, 0.2) is 6.61 Å². The molecule has 20 heavy (non-hydrogen) atoms. The fourth-order valence-corrected chi connectivity index (χ4v) is 3.07. The third kappa shape index (κ3) is 2.72. The van der Waals surface area contributed by atoms with E-state index in [1.807, 2.05) is 11.0 Å². The number of ether oxygens (including phenoxy) is 2. The molecule has 1 saturated carbocycles. The van der Waals surface area contributed by atoms with Crippen molar-refractivity contribution in [1.29, 1.82) is 0 Å². The maximum Gasteiger partial charge on any atom is 0.260 e. The van der Waals surface area contributed by atoms with Crippen LogP contribution < -0.4 is 10.5 Å². The Balaban J connectivity index is 1.58. The zero-order valence-corrected chi connectivity index (χ0v) is 11.5. The Morgan fingerprint density at radius 2 is 2.35 bits per heavy atom. The predicted octanol–water partition coefficient (Wildman–Crippen LogP) is 1.43. The lowest BCUT2D eigenvalue weighted by molar-refractivity contribution is -0.146. The number of carbonyl (C=O) groups excluding carboxylic acids is 1. The second-order valence-corrected chi connectivity index (χ2v) is 5.36. The quantitative estimate of drug-likeness (QED) is 0.848. The molecule has 2 fully saturated rings. The Hall–Kier alpha value is -1.75. The van der Waals surface area contributed by atoms with Crippen LogP contribution in [0.2, 0.25) is 0 Å². The zero-order chi connectivity index (χ0) is 13.9. The molecule has 2 unspecified atom stereocenters. The van der Waals surface area contributed by atoms with E-state index < -0.39 is 0 Å². The number of carbonyl (C=O) groups is 1. The van der Waals surface area contributed by atoms with Crippen LogP contribution >= 0.6 is 0 Å². The zero-order valence-electron chi connectivity index (χ0n) is 11.5. The van der Waals surface area contributed by atoms with E-state index >= 15 is 0 Å². The van der Waals surface area contributed by atoms with E-state index in [-0.39, 0.29) is 24.7 Å². The third-order valence-electron chi connectivity index (χ3n) is 4.02. The predicted molar refractivity (Wildman–Crippen MR) is 75.4 cm³/mol. The lowest BCUT2D eigenvalue weighted by atomic mass is 10.1. The number of rotatable bonds is 3. The van der Waals surface area contributed by atoms with E-state index in [2.05, 4.69) is 0 Å². The average molecular weight is 276 g/mol. The number of nitrogens with two attached hydrogens (primary N) is 1. The van der Waals surface area contributed by atoms with Gasteiger partial charge in [0.1, 0.15) is 5.75 Å². The summed E-state index contributed by atoms with van der Waals surface area (Å²) in [5, 5.41) is 0. The minimum Gasteiger partial charge on any atom is -0.484 e. The molecule has 1 aromatic rings. The topological polar surface area (TPSA) is 64.8 Å². The summed E-state index contributed by atoms with van der Waals surface area (Å²) in [7, 11) is 0. The fraction of sp³-hybridized carbons (Fsp3) is 0.533. The molecule has 0 spiro atoms. The van der Waals surface area contributed by atoms with Gasteiger partial charge in [-0.15, -0.1) is 0 Å². The van der Waals surface area contributed by atoms with Crippen molar-refractivity contribution in [2.75, 3.05) is 25.5 Å². The first kappa shape index (κ1) is 13.2. The molecule has 2 aliphatic rings. The summed E-state index contributed by atoms with van der Waals surface area (Å²) >= 11 is 0. The first-order valence-electron chi connectivity index (χ1n) is 7.13. The van der Waals surface area contributed by atoms with Crippen LogP contribution in [0.4, 0.5) is 5.69 Å². The number of amides is 1. The maximum absolute atomic E-state index is 12.3. The van der Waals surface area contributed by atoms with E-state index in [0.29, 0.717) is 24.6 Å².